The Morgan fingerprint density at radius 2 is 2.04 bits per heavy atom. The fourth-order valence-electron chi connectivity index (χ4n) is 2.55. The Morgan fingerprint density at radius 3 is 2.73 bits per heavy atom. The van der Waals surface area contributed by atoms with Crippen LogP contribution in [0.3, 0.4) is 0 Å². The molecule has 1 saturated heterocycles. The maximum Gasteiger partial charge on any atom is 0.270 e. The van der Waals surface area contributed by atoms with E-state index in [0.717, 1.165) is 15.7 Å². The minimum absolute atomic E-state index is 0.150. The average Bonchev–Trinajstić information content (AvgIpc) is 2.90. The molecule has 1 heterocycles. The Hall–Kier alpha value is -1.83. The van der Waals surface area contributed by atoms with Gasteiger partial charge in [-0.05, 0) is 37.3 Å². The van der Waals surface area contributed by atoms with Gasteiger partial charge >= 0.3 is 0 Å². The van der Waals surface area contributed by atoms with Crippen LogP contribution in [0.4, 0.5) is 5.69 Å². The van der Waals surface area contributed by atoms with Crippen LogP contribution in [0.25, 0.3) is 6.08 Å². The lowest BCUT2D eigenvalue weighted by atomic mass is 10.1. The van der Waals surface area contributed by atoms with Crippen molar-refractivity contribution in [1.29, 1.82) is 0 Å². The molecule has 0 bridgehead atoms. The van der Waals surface area contributed by atoms with Crippen LogP contribution in [0, 0.1) is 0 Å². The molecule has 0 radical (unpaired) electrons. The van der Waals surface area contributed by atoms with Crippen molar-refractivity contribution in [2.45, 2.75) is 6.92 Å². The standard InChI is InChI=1S/C19H16BrNO3S2/c1-3-24-17-12(6-4-9-15(17)23-2)10-16-18(22)21(19(25)26-16)14-8-5-7-13(20)11-14/h4-11H,3H2,1-2H3/b16-10+. The molecule has 0 saturated carbocycles. The number of thioether (sulfide) groups is 1. The summed E-state index contributed by atoms with van der Waals surface area (Å²) < 4.78 is 12.5. The van der Waals surface area contributed by atoms with Gasteiger partial charge in [-0.1, -0.05) is 58.1 Å². The van der Waals surface area contributed by atoms with Crippen molar-refractivity contribution < 1.29 is 14.3 Å². The summed E-state index contributed by atoms with van der Waals surface area (Å²) in [5.74, 6) is 1.09. The van der Waals surface area contributed by atoms with Crippen molar-refractivity contribution in [3.8, 4) is 11.5 Å². The van der Waals surface area contributed by atoms with E-state index in [2.05, 4.69) is 15.9 Å². The number of rotatable bonds is 5. The number of methoxy groups -OCH3 is 1. The van der Waals surface area contributed by atoms with Crippen LogP contribution in [0.2, 0.25) is 0 Å². The smallest absolute Gasteiger partial charge is 0.270 e. The molecule has 3 rings (SSSR count). The summed E-state index contributed by atoms with van der Waals surface area (Å²) >= 11 is 10.1. The summed E-state index contributed by atoms with van der Waals surface area (Å²) in [5, 5.41) is 0. The van der Waals surface area contributed by atoms with Gasteiger partial charge in [-0.15, -0.1) is 0 Å². The highest BCUT2D eigenvalue weighted by atomic mass is 79.9. The normalized spacial score (nSPS) is 15.7. The monoisotopic (exact) mass is 449 g/mol. The topological polar surface area (TPSA) is 38.8 Å². The third-order valence-electron chi connectivity index (χ3n) is 3.66. The zero-order valence-electron chi connectivity index (χ0n) is 14.2. The molecule has 1 aliphatic rings. The zero-order valence-corrected chi connectivity index (χ0v) is 17.4. The summed E-state index contributed by atoms with van der Waals surface area (Å²) in [6.45, 7) is 2.41. The van der Waals surface area contributed by atoms with Gasteiger partial charge in [-0.2, -0.15) is 0 Å². The molecule has 1 aliphatic heterocycles. The largest absolute Gasteiger partial charge is 0.493 e. The van der Waals surface area contributed by atoms with Crippen molar-refractivity contribution in [3.63, 3.8) is 0 Å². The van der Waals surface area contributed by atoms with Crippen LogP contribution in [0.5, 0.6) is 11.5 Å². The van der Waals surface area contributed by atoms with Crippen molar-refractivity contribution in [2.24, 2.45) is 0 Å². The molecule has 2 aromatic rings. The number of nitrogens with zero attached hydrogens (tertiary/aromatic N) is 1. The van der Waals surface area contributed by atoms with E-state index in [9.17, 15) is 4.79 Å². The van der Waals surface area contributed by atoms with Crippen molar-refractivity contribution >= 4 is 61.9 Å². The SMILES string of the molecule is CCOc1c(/C=C2/SC(=S)N(c3cccc(Br)c3)C2=O)cccc1OC. The van der Waals surface area contributed by atoms with E-state index in [1.54, 1.807) is 13.2 Å². The van der Waals surface area contributed by atoms with E-state index in [-0.39, 0.29) is 5.91 Å². The van der Waals surface area contributed by atoms with E-state index in [4.69, 9.17) is 21.7 Å². The van der Waals surface area contributed by atoms with E-state index >= 15 is 0 Å². The van der Waals surface area contributed by atoms with E-state index in [0.29, 0.717) is 27.3 Å². The maximum atomic E-state index is 12.9. The molecule has 0 atom stereocenters. The molecule has 0 aliphatic carbocycles. The molecule has 1 amide bonds. The van der Waals surface area contributed by atoms with Crippen LogP contribution in [0.15, 0.2) is 51.8 Å². The second kappa shape index (κ2) is 8.24. The first-order valence-electron chi connectivity index (χ1n) is 7.88. The summed E-state index contributed by atoms with van der Waals surface area (Å²) in [5.41, 5.74) is 1.52. The van der Waals surface area contributed by atoms with Gasteiger partial charge < -0.3 is 9.47 Å². The number of thiocarbonyl (C=S) groups is 1. The first-order chi connectivity index (χ1) is 12.5. The van der Waals surface area contributed by atoms with Crippen molar-refractivity contribution in [1.82, 2.24) is 0 Å². The van der Waals surface area contributed by atoms with Gasteiger partial charge in [0.15, 0.2) is 15.8 Å². The molecule has 0 unspecified atom stereocenters. The number of carbonyl (C=O) groups excluding carboxylic acids is 1. The van der Waals surface area contributed by atoms with E-state index in [1.165, 1.54) is 16.7 Å². The summed E-state index contributed by atoms with van der Waals surface area (Å²) in [7, 11) is 1.59. The quantitative estimate of drug-likeness (QED) is 0.459. The highest BCUT2D eigenvalue weighted by molar-refractivity contribution is 9.10. The van der Waals surface area contributed by atoms with Crippen LogP contribution in [0.1, 0.15) is 12.5 Å². The summed E-state index contributed by atoms with van der Waals surface area (Å²) in [6, 6.07) is 13.1. The van der Waals surface area contributed by atoms with Crippen LogP contribution in [-0.4, -0.2) is 23.9 Å². The maximum absolute atomic E-state index is 12.9. The van der Waals surface area contributed by atoms with Gasteiger partial charge in [-0.3, -0.25) is 9.69 Å². The number of amides is 1. The van der Waals surface area contributed by atoms with Gasteiger partial charge in [-0.25, -0.2) is 0 Å². The summed E-state index contributed by atoms with van der Waals surface area (Å²) in [6.07, 6.45) is 1.80. The second-order valence-corrected chi connectivity index (χ2v) is 7.90. The molecule has 1 fully saturated rings. The van der Waals surface area contributed by atoms with Gasteiger partial charge in [0.2, 0.25) is 0 Å². The Morgan fingerprint density at radius 1 is 1.27 bits per heavy atom. The lowest BCUT2D eigenvalue weighted by molar-refractivity contribution is -0.113. The Labute approximate surface area is 170 Å². The Kier molecular flexibility index (Phi) is 6.01. The van der Waals surface area contributed by atoms with Crippen molar-refractivity contribution in [3.05, 3.63) is 57.4 Å². The number of halogens is 1. The second-order valence-electron chi connectivity index (χ2n) is 5.31. The first kappa shape index (κ1) is 18.9. The molecule has 0 N–H and O–H groups in total. The van der Waals surface area contributed by atoms with Crippen molar-refractivity contribution in [2.75, 3.05) is 18.6 Å². The summed E-state index contributed by atoms with van der Waals surface area (Å²) in [4.78, 5) is 15.0. The molecule has 4 nitrogen and oxygen atoms in total. The van der Waals surface area contributed by atoms with Gasteiger partial charge in [0.05, 0.1) is 24.3 Å². The minimum Gasteiger partial charge on any atom is -0.493 e. The molecular formula is C19H16BrNO3S2. The number of hydrogen-bond acceptors (Lipinski definition) is 5. The number of carbonyl (C=O) groups is 1. The molecule has 0 spiro atoms. The number of ether oxygens (including phenoxy) is 2. The number of benzene rings is 2. The lowest BCUT2D eigenvalue weighted by Gasteiger charge is -2.14. The van der Waals surface area contributed by atoms with E-state index < -0.39 is 0 Å². The van der Waals surface area contributed by atoms with Crippen LogP contribution < -0.4 is 14.4 Å². The van der Waals surface area contributed by atoms with Gasteiger partial charge in [0, 0.05) is 10.0 Å². The number of anilines is 1. The van der Waals surface area contributed by atoms with Crippen LogP contribution in [-0.2, 0) is 4.79 Å². The predicted octanol–water partition coefficient (Wildman–Crippen LogP) is 5.26. The third-order valence-corrected chi connectivity index (χ3v) is 5.46. The van der Waals surface area contributed by atoms with E-state index in [1.807, 2.05) is 49.4 Å². The zero-order chi connectivity index (χ0) is 18.7. The molecule has 26 heavy (non-hydrogen) atoms. The fourth-order valence-corrected chi connectivity index (χ4v) is 4.23. The predicted molar refractivity (Wildman–Crippen MR) is 114 cm³/mol. The molecule has 0 aromatic heterocycles. The Bertz CT molecular complexity index is 898. The van der Waals surface area contributed by atoms with Gasteiger partial charge in [0.25, 0.3) is 5.91 Å². The molecule has 2 aromatic carbocycles. The fraction of sp³-hybridized carbons (Fsp3) is 0.158. The highest BCUT2D eigenvalue weighted by Gasteiger charge is 2.33. The third kappa shape index (κ3) is 3.79. The molecule has 7 heteroatoms. The van der Waals surface area contributed by atoms with Gasteiger partial charge in [0.1, 0.15) is 0 Å². The van der Waals surface area contributed by atoms with Crippen LogP contribution >= 0.6 is 39.9 Å². The number of hydrogen-bond donors (Lipinski definition) is 0. The molecule has 134 valence electrons. The highest BCUT2D eigenvalue weighted by Crippen LogP contribution is 2.39. The Balaban J connectivity index is 1.99. The molecular weight excluding hydrogens is 434 g/mol. The minimum atomic E-state index is -0.150. The first-order valence-corrected chi connectivity index (χ1v) is 9.90. The average molecular weight is 450 g/mol. The number of para-hydroxylation sites is 1. The lowest BCUT2D eigenvalue weighted by Crippen LogP contribution is -2.27.